The van der Waals surface area contributed by atoms with Crippen molar-refractivity contribution in [1.82, 2.24) is 9.80 Å². The summed E-state index contributed by atoms with van der Waals surface area (Å²) in [6, 6.07) is 14.6. The van der Waals surface area contributed by atoms with E-state index in [1.807, 2.05) is 23.1 Å². The number of esters is 2. The molecule has 3 aromatic carbocycles. The van der Waals surface area contributed by atoms with Gasteiger partial charge in [-0.15, -0.1) is 0 Å². The zero-order chi connectivity index (χ0) is 42.2. The number of cyclic esters (lactones) is 1. The Morgan fingerprint density at radius 2 is 1.79 bits per heavy atom. The number of piperazine rings is 1. The van der Waals surface area contributed by atoms with Gasteiger partial charge in [0, 0.05) is 65.4 Å². The predicted octanol–water partition coefficient (Wildman–Crippen LogP) is 6.83. The van der Waals surface area contributed by atoms with Gasteiger partial charge in [0.25, 0.3) is 0 Å². The average molecular weight is 854 g/mol. The van der Waals surface area contributed by atoms with Crippen molar-refractivity contribution in [3.8, 4) is 5.75 Å². The highest BCUT2D eigenvalue weighted by atomic mass is 35.5. The van der Waals surface area contributed by atoms with E-state index in [1.165, 1.54) is 0 Å². The van der Waals surface area contributed by atoms with Crippen molar-refractivity contribution in [1.29, 1.82) is 0 Å². The molecular formula is C48H56ClN3O9. The van der Waals surface area contributed by atoms with Gasteiger partial charge in [-0.05, 0) is 104 Å². The van der Waals surface area contributed by atoms with Crippen molar-refractivity contribution in [2.24, 2.45) is 17.3 Å². The molecule has 5 aliphatic heterocycles. The van der Waals surface area contributed by atoms with Crippen LogP contribution in [0.1, 0.15) is 72.6 Å². The molecule has 11 rings (SSSR count). The van der Waals surface area contributed by atoms with Crippen molar-refractivity contribution in [2.75, 3.05) is 51.8 Å². The van der Waals surface area contributed by atoms with Gasteiger partial charge in [0.2, 0.25) is 5.91 Å². The standard InChI is InChI=1S/C48H56ClN3O9/c1-26(2)46-41(60-46)42-48(61-42)45(4)15-14-33-35(25-57-43(33)55)36(45)24-37-47(48,59-37)44(46)58-39(54)13-12-38(53)52-19-17-51(18-20-52)16-6-7-27(3)50-40-32-11-9-30(49)22-29(32)21-28-8-10-31(56-5)23-34(28)40/h8-11,21-23,26-27,36-37,41-42,44,50H,6-7,12-20,24-25H2,1-5H3/t27?,36-,37-,41-,42-,44+,45-,46-,47+,48+/m0/s1. The Labute approximate surface area is 361 Å². The SMILES string of the molecule is COc1ccc2cc3cc(Cl)ccc3c(NC(C)CCCN3CCN(C(=O)CCC(=O)O[C@@H]4[C@@]5(C(C)C)O[C@H]5[C@@H]5O[C@]56[C@]45O[C@H]5C[C@H]4C5=C(CC[C@@]46C)C(=O)OC5)CC3)c2c1. The van der Waals surface area contributed by atoms with E-state index in [1.54, 1.807) is 7.11 Å². The number of methoxy groups -OCH3 is 1. The second-order valence-electron chi connectivity index (χ2n) is 19.5. The molecule has 12 nitrogen and oxygen atoms in total. The molecule has 3 aliphatic carbocycles. The van der Waals surface area contributed by atoms with E-state index in [0.717, 1.165) is 89.4 Å². The number of amides is 1. The lowest BCUT2D eigenvalue weighted by Crippen LogP contribution is -2.70. The fraction of sp³-hybridized carbons (Fsp3) is 0.604. The number of nitrogens with zero attached hydrogens (tertiary/aromatic N) is 2. The molecule has 4 saturated heterocycles. The molecule has 324 valence electrons. The van der Waals surface area contributed by atoms with Gasteiger partial charge in [-0.25, -0.2) is 4.79 Å². The topological polar surface area (TPSA) is 135 Å². The third kappa shape index (κ3) is 5.73. The molecule has 1 unspecified atom stereocenters. The molecule has 8 aliphatic rings. The summed E-state index contributed by atoms with van der Waals surface area (Å²) >= 11 is 6.38. The van der Waals surface area contributed by atoms with Crippen LogP contribution < -0.4 is 10.1 Å². The molecule has 61 heavy (non-hydrogen) atoms. The van der Waals surface area contributed by atoms with E-state index >= 15 is 0 Å². The minimum absolute atomic E-state index is 0.00128. The van der Waals surface area contributed by atoms with Gasteiger partial charge in [0.05, 0.1) is 25.3 Å². The Bertz CT molecular complexity index is 2400. The highest BCUT2D eigenvalue weighted by Gasteiger charge is 3.01. The Morgan fingerprint density at radius 3 is 2.57 bits per heavy atom. The Hall–Kier alpha value is -3.94. The van der Waals surface area contributed by atoms with Crippen LogP contribution in [0.3, 0.4) is 0 Å². The number of carbonyl (C=O) groups is 3. The average Bonchev–Trinajstić information content (AvgIpc) is 4.18. The van der Waals surface area contributed by atoms with Crippen molar-refractivity contribution >= 4 is 56.7 Å². The summed E-state index contributed by atoms with van der Waals surface area (Å²) in [6.45, 7) is 12.9. The van der Waals surface area contributed by atoms with Gasteiger partial charge in [0.15, 0.2) is 11.7 Å². The highest BCUT2D eigenvalue weighted by molar-refractivity contribution is 6.31. The van der Waals surface area contributed by atoms with Crippen LogP contribution in [0.2, 0.25) is 5.02 Å². The summed E-state index contributed by atoms with van der Waals surface area (Å²) in [6.07, 6.45) is 3.09. The van der Waals surface area contributed by atoms with E-state index in [-0.39, 0.29) is 66.3 Å². The number of nitrogens with one attached hydrogen (secondary N) is 1. The van der Waals surface area contributed by atoms with E-state index in [0.29, 0.717) is 31.1 Å². The van der Waals surface area contributed by atoms with Gasteiger partial charge < -0.3 is 38.6 Å². The number of ether oxygens (including phenoxy) is 6. The smallest absolute Gasteiger partial charge is 0.334 e. The maximum absolute atomic E-state index is 13.8. The Morgan fingerprint density at radius 1 is 0.967 bits per heavy atom. The zero-order valence-electron chi connectivity index (χ0n) is 35.7. The summed E-state index contributed by atoms with van der Waals surface area (Å²) in [4.78, 5) is 44.2. The zero-order valence-corrected chi connectivity index (χ0v) is 36.5. The predicted molar refractivity (Wildman–Crippen MR) is 229 cm³/mol. The number of epoxide rings is 3. The first-order valence-electron chi connectivity index (χ1n) is 22.4. The molecule has 1 amide bonds. The number of rotatable bonds is 12. The highest BCUT2D eigenvalue weighted by Crippen LogP contribution is 2.83. The lowest BCUT2D eigenvalue weighted by Gasteiger charge is -2.53. The Kier molecular flexibility index (Phi) is 9.17. The normalized spacial score (nSPS) is 36.0. The quantitative estimate of drug-likeness (QED) is 0.117. The van der Waals surface area contributed by atoms with E-state index in [4.69, 9.17) is 40.0 Å². The number of fused-ring (bicyclic) bond motifs is 6. The van der Waals surface area contributed by atoms with E-state index in [2.05, 4.69) is 62.2 Å². The molecule has 0 radical (unpaired) electrons. The molecule has 1 N–H and O–H groups in total. The van der Waals surface area contributed by atoms with Crippen LogP contribution in [0.4, 0.5) is 5.69 Å². The third-order valence-electron chi connectivity index (χ3n) is 16.2. The molecule has 5 heterocycles. The fourth-order valence-electron chi connectivity index (χ4n) is 12.9. The summed E-state index contributed by atoms with van der Waals surface area (Å²) in [5.41, 5.74) is 0.533. The first-order chi connectivity index (χ1) is 29.3. The maximum atomic E-state index is 13.8. The first-order valence-corrected chi connectivity index (χ1v) is 22.8. The molecule has 3 aromatic rings. The van der Waals surface area contributed by atoms with Crippen LogP contribution >= 0.6 is 11.6 Å². The molecule has 10 atom stereocenters. The van der Waals surface area contributed by atoms with Crippen molar-refractivity contribution in [3.63, 3.8) is 0 Å². The van der Waals surface area contributed by atoms with Crippen LogP contribution in [0.15, 0.2) is 53.6 Å². The van der Waals surface area contributed by atoms with Crippen LogP contribution in [-0.4, -0.2) is 121 Å². The number of anilines is 1. The number of hydrogen-bond donors (Lipinski definition) is 1. The largest absolute Gasteiger partial charge is 0.497 e. The van der Waals surface area contributed by atoms with Gasteiger partial charge in [-0.1, -0.05) is 44.5 Å². The fourth-order valence-corrected chi connectivity index (χ4v) is 13.1. The minimum Gasteiger partial charge on any atom is -0.497 e. The van der Waals surface area contributed by atoms with E-state index in [9.17, 15) is 14.4 Å². The molecule has 13 heteroatoms. The number of halogens is 1. The maximum Gasteiger partial charge on any atom is 0.334 e. The van der Waals surface area contributed by atoms with Crippen molar-refractivity contribution < 1.29 is 42.8 Å². The van der Waals surface area contributed by atoms with Crippen LogP contribution in [0.5, 0.6) is 5.75 Å². The summed E-state index contributed by atoms with van der Waals surface area (Å²) < 4.78 is 37.7. The number of benzene rings is 3. The number of carbonyl (C=O) groups excluding carboxylic acids is 3. The molecular weight excluding hydrogens is 798 g/mol. The van der Waals surface area contributed by atoms with Crippen molar-refractivity contribution in [2.45, 2.75) is 120 Å². The second kappa shape index (κ2) is 14.0. The minimum atomic E-state index is -0.807. The van der Waals surface area contributed by atoms with Crippen LogP contribution in [-0.2, 0) is 38.1 Å². The van der Waals surface area contributed by atoms with Crippen molar-refractivity contribution in [3.05, 3.63) is 58.6 Å². The van der Waals surface area contributed by atoms with Crippen LogP contribution in [0.25, 0.3) is 21.5 Å². The molecule has 6 fully saturated rings. The second-order valence-corrected chi connectivity index (χ2v) is 19.9. The monoisotopic (exact) mass is 853 g/mol. The van der Waals surface area contributed by atoms with Gasteiger partial charge in [0.1, 0.15) is 35.8 Å². The van der Waals surface area contributed by atoms with Crippen LogP contribution in [0, 0.1) is 17.3 Å². The lowest BCUT2D eigenvalue weighted by atomic mass is 9.46. The lowest BCUT2D eigenvalue weighted by molar-refractivity contribution is -0.170. The molecule has 0 aromatic heterocycles. The summed E-state index contributed by atoms with van der Waals surface area (Å²) in [5, 5.41) is 9.00. The third-order valence-corrected chi connectivity index (χ3v) is 16.4. The molecule has 2 spiro atoms. The summed E-state index contributed by atoms with van der Waals surface area (Å²) in [7, 11) is 1.69. The van der Waals surface area contributed by atoms with Gasteiger partial charge >= 0.3 is 11.9 Å². The first kappa shape index (κ1) is 39.9. The number of hydrogen-bond acceptors (Lipinski definition) is 11. The molecule has 0 bridgehead atoms. The Balaban J connectivity index is 0.685. The van der Waals surface area contributed by atoms with Gasteiger partial charge in [-0.3, -0.25) is 14.5 Å². The van der Waals surface area contributed by atoms with Gasteiger partial charge in [-0.2, -0.15) is 0 Å². The molecule has 2 saturated carbocycles. The van der Waals surface area contributed by atoms with E-state index < -0.39 is 28.9 Å². The summed E-state index contributed by atoms with van der Waals surface area (Å²) in [5.74, 6) is 0.368.